The standard InChI is InChI=1S/C18H23N5O2.ClH/c1-11-19-7-8-23(11)17-20-13-10-15(25-6)14(24-5)9-12(13)16(21-17)22-18(2,3)4;/h7-10H,1-6H3,(H,20,21,22);1H. The summed E-state index contributed by atoms with van der Waals surface area (Å²) in [5.41, 5.74) is 0.609. The number of fused-ring (bicyclic) bond motifs is 1. The molecule has 26 heavy (non-hydrogen) atoms. The number of aromatic nitrogens is 4. The third-order valence-corrected chi connectivity index (χ3v) is 3.72. The van der Waals surface area contributed by atoms with Gasteiger partial charge in [-0.2, -0.15) is 4.98 Å². The predicted octanol–water partition coefficient (Wildman–Crippen LogP) is 3.77. The first-order valence-corrected chi connectivity index (χ1v) is 8.04. The average molecular weight is 378 g/mol. The molecule has 3 aromatic rings. The van der Waals surface area contributed by atoms with Gasteiger partial charge in [0.25, 0.3) is 0 Å². The van der Waals surface area contributed by atoms with Crippen molar-refractivity contribution >= 4 is 29.1 Å². The van der Waals surface area contributed by atoms with Gasteiger partial charge in [0, 0.05) is 29.4 Å². The topological polar surface area (TPSA) is 74.1 Å². The summed E-state index contributed by atoms with van der Waals surface area (Å²) in [7, 11) is 3.23. The number of aryl methyl sites for hydroxylation is 1. The molecule has 0 atom stereocenters. The number of halogens is 1. The van der Waals surface area contributed by atoms with Crippen molar-refractivity contribution in [3.8, 4) is 17.4 Å². The second kappa shape index (κ2) is 7.37. The third-order valence-electron chi connectivity index (χ3n) is 3.72. The SMILES string of the molecule is COc1cc2nc(-n3ccnc3C)nc(NC(C)(C)C)c2cc1OC.Cl. The molecule has 7 nitrogen and oxygen atoms in total. The van der Waals surface area contributed by atoms with E-state index in [0.29, 0.717) is 17.4 Å². The number of methoxy groups -OCH3 is 2. The van der Waals surface area contributed by atoms with E-state index in [0.717, 1.165) is 22.5 Å². The minimum atomic E-state index is -0.157. The minimum Gasteiger partial charge on any atom is -0.493 e. The monoisotopic (exact) mass is 377 g/mol. The van der Waals surface area contributed by atoms with Crippen LogP contribution in [0, 0.1) is 6.92 Å². The van der Waals surface area contributed by atoms with Crippen LogP contribution in [0.5, 0.6) is 11.5 Å². The molecule has 2 aromatic heterocycles. The molecule has 1 N–H and O–H groups in total. The zero-order valence-electron chi connectivity index (χ0n) is 15.8. The van der Waals surface area contributed by atoms with E-state index in [9.17, 15) is 0 Å². The van der Waals surface area contributed by atoms with Crippen LogP contribution in [0.2, 0.25) is 0 Å². The normalized spacial score (nSPS) is 11.2. The van der Waals surface area contributed by atoms with Gasteiger partial charge in [-0.25, -0.2) is 9.97 Å². The summed E-state index contributed by atoms with van der Waals surface area (Å²) in [5.74, 6) is 3.38. The summed E-state index contributed by atoms with van der Waals surface area (Å²) in [5, 5.41) is 4.32. The van der Waals surface area contributed by atoms with Gasteiger partial charge in [-0.15, -0.1) is 12.4 Å². The number of nitrogens with one attached hydrogen (secondary N) is 1. The molecular formula is C18H24ClN5O2. The molecule has 8 heteroatoms. The highest BCUT2D eigenvalue weighted by Gasteiger charge is 2.18. The van der Waals surface area contributed by atoms with Gasteiger partial charge >= 0.3 is 0 Å². The van der Waals surface area contributed by atoms with Crippen molar-refractivity contribution in [3.63, 3.8) is 0 Å². The molecule has 0 bridgehead atoms. The van der Waals surface area contributed by atoms with E-state index in [1.54, 1.807) is 20.4 Å². The molecule has 0 saturated heterocycles. The number of anilines is 1. The molecule has 0 aliphatic rings. The molecule has 140 valence electrons. The Balaban J connectivity index is 0.00000243. The lowest BCUT2D eigenvalue weighted by Gasteiger charge is -2.23. The lowest BCUT2D eigenvalue weighted by atomic mass is 10.1. The summed E-state index contributed by atoms with van der Waals surface area (Å²) < 4.78 is 12.7. The van der Waals surface area contributed by atoms with Crippen LogP contribution in [0.25, 0.3) is 16.9 Å². The van der Waals surface area contributed by atoms with E-state index in [4.69, 9.17) is 14.5 Å². The fourth-order valence-corrected chi connectivity index (χ4v) is 2.59. The van der Waals surface area contributed by atoms with Crippen LogP contribution in [0.1, 0.15) is 26.6 Å². The van der Waals surface area contributed by atoms with E-state index in [-0.39, 0.29) is 17.9 Å². The first kappa shape index (κ1) is 19.8. The highest BCUT2D eigenvalue weighted by Crippen LogP contribution is 2.35. The Kier molecular flexibility index (Phi) is 5.61. The lowest BCUT2D eigenvalue weighted by Crippen LogP contribution is -2.27. The number of hydrogen-bond acceptors (Lipinski definition) is 6. The van der Waals surface area contributed by atoms with Crippen molar-refractivity contribution in [1.82, 2.24) is 19.5 Å². The summed E-state index contributed by atoms with van der Waals surface area (Å²) in [6.07, 6.45) is 3.58. The number of hydrogen-bond donors (Lipinski definition) is 1. The van der Waals surface area contributed by atoms with Crippen LogP contribution >= 0.6 is 12.4 Å². The molecule has 0 unspecified atom stereocenters. The van der Waals surface area contributed by atoms with Gasteiger partial charge in [-0.3, -0.25) is 4.57 Å². The maximum absolute atomic E-state index is 5.43. The zero-order chi connectivity index (χ0) is 18.2. The Morgan fingerprint density at radius 3 is 2.23 bits per heavy atom. The molecule has 0 saturated carbocycles. The van der Waals surface area contributed by atoms with Gasteiger partial charge in [0.15, 0.2) is 11.5 Å². The van der Waals surface area contributed by atoms with Crippen LogP contribution in [0.15, 0.2) is 24.5 Å². The fraction of sp³-hybridized carbons (Fsp3) is 0.389. The van der Waals surface area contributed by atoms with Gasteiger partial charge in [0.1, 0.15) is 11.6 Å². The predicted molar refractivity (Wildman–Crippen MR) is 105 cm³/mol. The smallest absolute Gasteiger partial charge is 0.237 e. The first-order chi connectivity index (χ1) is 11.8. The number of nitrogens with zero attached hydrogens (tertiary/aromatic N) is 4. The van der Waals surface area contributed by atoms with Gasteiger partial charge in [0.2, 0.25) is 5.95 Å². The van der Waals surface area contributed by atoms with E-state index in [1.807, 2.05) is 29.8 Å². The van der Waals surface area contributed by atoms with Crippen molar-refractivity contribution in [1.29, 1.82) is 0 Å². The lowest BCUT2D eigenvalue weighted by molar-refractivity contribution is 0.356. The van der Waals surface area contributed by atoms with Gasteiger partial charge < -0.3 is 14.8 Å². The average Bonchev–Trinajstić information content (AvgIpc) is 2.98. The summed E-state index contributed by atoms with van der Waals surface area (Å²) in [6, 6.07) is 3.76. The molecule has 3 rings (SSSR count). The Morgan fingerprint density at radius 1 is 1.04 bits per heavy atom. The molecule has 0 fully saturated rings. The number of ether oxygens (including phenoxy) is 2. The molecule has 1 aromatic carbocycles. The highest BCUT2D eigenvalue weighted by molar-refractivity contribution is 5.92. The number of imidazole rings is 1. The number of rotatable bonds is 4. The summed E-state index contributed by atoms with van der Waals surface area (Å²) in [6.45, 7) is 8.18. The highest BCUT2D eigenvalue weighted by atomic mass is 35.5. The van der Waals surface area contributed by atoms with Crippen molar-refractivity contribution in [2.24, 2.45) is 0 Å². The van der Waals surface area contributed by atoms with Crippen molar-refractivity contribution in [3.05, 3.63) is 30.4 Å². The zero-order valence-corrected chi connectivity index (χ0v) is 16.6. The van der Waals surface area contributed by atoms with E-state index < -0.39 is 0 Å². The van der Waals surface area contributed by atoms with Crippen LogP contribution in [-0.4, -0.2) is 39.3 Å². The fourth-order valence-electron chi connectivity index (χ4n) is 2.59. The maximum atomic E-state index is 5.43. The molecular weight excluding hydrogens is 354 g/mol. The van der Waals surface area contributed by atoms with Crippen molar-refractivity contribution in [2.75, 3.05) is 19.5 Å². The van der Waals surface area contributed by atoms with Gasteiger partial charge in [-0.05, 0) is 33.8 Å². The molecule has 0 aliphatic heterocycles. The third kappa shape index (κ3) is 3.83. The van der Waals surface area contributed by atoms with Gasteiger partial charge in [-0.1, -0.05) is 0 Å². The maximum Gasteiger partial charge on any atom is 0.237 e. The van der Waals surface area contributed by atoms with E-state index in [1.165, 1.54) is 0 Å². The minimum absolute atomic E-state index is 0. The second-order valence-electron chi connectivity index (χ2n) is 6.82. The Labute approximate surface area is 159 Å². The molecule has 0 aliphatic carbocycles. The van der Waals surface area contributed by atoms with Crippen LogP contribution in [-0.2, 0) is 0 Å². The molecule has 0 amide bonds. The Bertz CT molecular complexity index is 918. The second-order valence-corrected chi connectivity index (χ2v) is 6.82. The first-order valence-electron chi connectivity index (χ1n) is 8.04. The Hall–Kier alpha value is -2.54. The quantitative estimate of drug-likeness (QED) is 0.745. The van der Waals surface area contributed by atoms with Crippen molar-refractivity contribution in [2.45, 2.75) is 33.2 Å². The van der Waals surface area contributed by atoms with E-state index >= 15 is 0 Å². The molecule has 0 spiro atoms. The van der Waals surface area contributed by atoms with Crippen molar-refractivity contribution < 1.29 is 9.47 Å². The number of benzene rings is 1. The van der Waals surface area contributed by atoms with Crippen LogP contribution in [0.3, 0.4) is 0 Å². The Morgan fingerprint density at radius 2 is 1.69 bits per heavy atom. The van der Waals surface area contributed by atoms with Crippen LogP contribution < -0.4 is 14.8 Å². The van der Waals surface area contributed by atoms with Crippen LogP contribution in [0.4, 0.5) is 5.82 Å². The molecule has 2 heterocycles. The summed E-state index contributed by atoms with van der Waals surface area (Å²) >= 11 is 0. The van der Waals surface area contributed by atoms with Gasteiger partial charge in [0.05, 0.1) is 19.7 Å². The summed E-state index contributed by atoms with van der Waals surface area (Å²) in [4.78, 5) is 13.7. The molecule has 0 radical (unpaired) electrons. The largest absolute Gasteiger partial charge is 0.493 e. The van der Waals surface area contributed by atoms with E-state index in [2.05, 4.69) is 36.1 Å².